The van der Waals surface area contributed by atoms with Crippen molar-refractivity contribution in [3.8, 4) is 22.8 Å². The van der Waals surface area contributed by atoms with Gasteiger partial charge in [-0.05, 0) is 77.5 Å². The molecule has 0 aliphatic heterocycles. The SMILES string of the molecule is O=C(/C=C/c1ccc(-c2cc(Cl)cc(Cl)c2)o1)Nc1ccc2oc(-c3cccc4c(Br)cccc34)nc2c1. The maximum Gasteiger partial charge on any atom is 0.248 e. The van der Waals surface area contributed by atoms with E-state index in [4.69, 9.17) is 32.0 Å². The van der Waals surface area contributed by atoms with Gasteiger partial charge in [0.2, 0.25) is 11.8 Å². The normalized spacial score (nSPS) is 11.6. The number of halogens is 3. The van der Waals surface area contributed by atoms with Crippen LogP contribution in [0.4, 0.5) is 5.69 Å². The Balaban J connectivity index is 1.19. The van der Waals surface area contributed by atoms with Gasteiger partial charge in [-0.15, -0.1) is 0 Å². The summed E-state index contributed by atoms with van der Waals surface area (Å²) in [5.74, 6) is 1.32. The first-order valence-electron chi connectivity index (χ1n) is 11.6. The van der Waals surface area contributed by atoms with Crippen LogP contribution < -0.4 is 5.32 Å². The molecule has 8 heteroatoms. The molecule has 0 saturated carbocycles. The fourth-order valence-electron chi connectivity index (χ4n) is 4.21. The summed E-state index contributed by atoms with van der Waals surface area (Å²) in [4.78, 5) is 17.3. The van der Waals surface area contributed by atoms with E-state index in [0.717, 1.165) is 26.4 Å². The van der Waals surface area contributed by atoms with Crippen molar-refractivity contribution >= 4 is 78.7 Å². The van der Waals surface area contributed by atoms with Gasteiger partial charge in [-0.2, -0.15) is 0 Å². The molecule has 4 aromatic carbocycles. The molecular formula is C30H17BrCl2N2O3. The molecule has 0 bridgehead atoms. The standard InChI is InChI=1S/C30H17BrCl2N2O3/c31-25-6-2-3-22-23(25)4-1-5-24(22)30-35-26-16-20(7-10-28(26)38-30)34-29(36)12-9-21-8-11-27(37-21)17-13-18(32)15-19(33)14-17/h1-16H,(H,34,36)/b12-9+. The van der Waals surface area contributed by atoms with Gasteiger partial charge in [0, 0.05) is 37.4 Å². The van der Waals surface area contributed by atoms with Crippen LogP contribution in [0.1, 0.15) is 5.76 Å². The number of hydrogen-bond acceptors (Lipinski definition) is 4. The highest BCUT2D eigenvalue weighted by atomic mass is 79.9. The molecule has 6 rings (SSSR count). The second-order valence-corrected chi connectivity index (χ2v) is 10.3. The van der Waals surface area contributed by atoms with Crippen molar-refractivity contribution in [3.05, 3.63) is 111 Å². The molecular weight excluding hydrogens is 587 g/mol. The van der Waals surface area contributed by atoms with E-state index in [1.807, 2.05) is 36.4 Å². The number of nitrogens with zero attached hydrogens (tertiary/aromatic N) is 1. The second-order valence-electron chi connectivity index (χ2n) is 8.52. The van der Waals surface area contributed by atoms with Gasteiger partial charge in [0.25, 0.3) is 0 Å². The molecule has 5 nitrogen and oxygen atoms in total. The first-order chi connectivity index (χ1) is 18.4. The first kappa shape index (κ1) is 24.5. The van der Waals surface area contributed by atoms with Gasteiger partial charge in [0.05, 0.1) is 0 Å². The third-order valence-corrected chi connectivity index (χ3v) is 7.06. The van der Waals surface area contributed by atoms with Crippen LogP contribution in [0.25, 0.3) is 50.7 Å². The van der Waals surface area contributed by atoms with Crippen LogP contribution in [0.5, 0.6) is 0 Å². The van der Waals surface area contributed by atoms with Crippen molar-refractivity contribution in [2.75, 3.05) is 5.32 Å². The molecule has 0 spiro atoms. The number of furan rings is 1. The van der Waals surface area contributed by atoms with E-state index in [1.165, 1.54) is 6.08 Å². The number of amides is 1. The smallest absolute Gasteiger partial charge is 0.248 e. The molecule has 38 heavy (non-hydrogen) atoms. The van der Waals surface area contributed by atoms with E-state index in [1.54, 1.807) is 54.6 Å². The molecule has 0 atom stereocenters. The molecule has 0 saturated heterocycles. The minimum absolute atomic E-state index is 0.310. The number of oxazole rings is 1. The van der Waals surface area contributed by atoms with Crippen molar-refractivity contribution in [2.45, 2.75) is 0 Å². The van der Waals surface area contributed by atoms with Gasteiger partial charge in [-0.25, -0.2) is 4.98 Å². The quantitative estimate of drug-likeness (QED) is 0.199. The molecule has 2 heterocycles. The van der Waals surface area contributed by atoms with E-state index < -0.39 is 0 Å². The molecule has 2 aromatic heterocycles. The number of benzene rings is 4. The lowest BCUT2D eigenvalue weighted by atomic mass is 10.0. The maximum absolute atomic E-state index is 12.6. The van der Waals surface area contributed by atoms with Gasteiger partial charge >= 0.3 is 0 Å². The topological polar surface area (TPSA) is 68.3 Å². The largest absolute Gasteiger partial charge is 0.457 e. The fourth-order valence-corrected chi connectivity index (χ4v) is 5.24. The van der Waals surface area contributed by atoms with E-state index in [0.29, 0.717) is 44.2 Å². The minimum Gasteiger partial charge on any atom is -0.457 e. The molecule has 186 valence electrons. The Kier molecular flexibility index (Phi) is 6.54. The molecule has 1 N–H and O–H groups in total. The third-order valence-electron chi connectivity index (χ3n) is 5.93. The summed E-state index contributed by atoms with van der Waals surface area (Å²) in [6.07, 6.45) is 3.00. The summed E-state index contributed by atoms with van der Waals surface area (Å²) in [7, 11) is 0. The summed E-state index contributed by atoms with van der Waals surface area (Å²) in [5, 5.41) is 5.99. The Morgan fingerprint density at radius 1 is 0.868 bits per heavy atom. The van der Waals surface area contributed by atoms with Gasteiger partial charge in [0.15, 0.2) is 5.58 Å². The van der Waals surface area contributed by atoms with Gasteiger partial charge in [-0.1, -0.05) is 63.4 Å². The number of aromatic nitrogens is 1. The van der Waals surface area contributed by atoms with Crippen molar-refractivity contribution < 1.29 is 13.6 Å². The van der Waals surface area contributed by atoms with E-state index in [9.17, 15) is 4.79 Å². The highest BCUT2D eigenvalue weighted by Gasteiger charge is 2.13. The van der Waals surface area contributed by atoms with Crippen LogP contribution in [-0.2, 0) is 4.79 Å². The number of nitrogens with one attached hydrogen (secondary N) is 1. The van der Waals surface area contributed by atoms with Crippen molar-refractivity contribution in [2.24, 2.45) is 0 Å². The zero-order valence-electron chi connectivity index (χ0n) is 19.5. The molecule has 6 aromatic rings. The average molecular weight is 604 g/mol. The third kappa shape index (κ3) is 4.98. The summed E-state index contributed by atoms with van der Waals surface area (Å²) in [5.41, 5.74) is 3.52. The highest BCUT2D eigenvalue weighted by molar-refractivity contribution is 9.10. The average Bonchev–Trinajstić information content (AvgIpc) is 3.54. The number of fused-ring (bicyclic) bond motifs is 2. The lowest BCUT2D eigenvalue weighted by Crippen LogP contribution is -2.07. The molecule has 0 fully saturated rings. The predicted octanol–water partition coefficient (Wildman–Crippen LogP) is 9.63. The Hall–Kier alpha value is -3.84. The Bertz CT molecular complexity index is 1850. The molecule has 0 aliphatic carbocycles. The minimum atomic E-state index is -0.310. The van der Waals surface area contributed by atoms with E-state index in [2.05, 4.69) is 26.2 Å². The zero-order chi connectivity index (χ0) is 26.2. The van der Waals surface area contributed by atoms with Crippen LogP contribution in [0.15, 0.2) is 104 Å². The Morgan fingerprint density at radius 3 is 2.50 bits per heavy atom. The summed E-state index contributed by atoms with van der Waals surface area (Å²) in [6.45, 7) is 0. The number of carbonyl (C=O) groups excluding carboxylic acids is 1. The molecule has 0 radical (unpaired) electrons. The summed E-state index contributed by atoms with van der Waals surface area (Å²) in [6, 6.07) is 26.1. The summed E-state index contributed by atoms with van der Waals surface area (Å²) >= 11 is 15.8. The van der Waals surface area contributed by atoms with E-state index in [-0.39, 0.29) is 5.91 Å². The Morgan fingerprint density at radius 2 is 1.66 bits per heavy atom. The maximum atomic E-state index is 12.6. The number of rotatable bonds is 5. The first-order valence-corrected chi connectivity index (χ1v) is 13.1. The highest BCUT2D eigenvalue weighted by Crippen LogP contribution is 2.34. The molecule has 0 aliphatic rings. The van der Waals surface area contributed by atoms with Crippen LogP contribution in [0.2, 0.25) is 10.0 Å². The van der Waals surface area contributed by atoms with Gasteiger partial charge < -0.3 is 14.2 Å². The predicted molar refractivity (Wildman–Crippen MR) is 156 cm³/mol. The fraction of sp³-hybridized carbons (Fsp3) is 0. The van der Waals surface area contributed by atoms with Gasteiger partial charge in [-0.3, -0.25) is 4.79 Å². The zero-order valence-corrected chi connectivity index (χ0v) is 22.6. The van der Waals surface area contributed by atoms with Crippen LogP contribution in [0.3, 0.4) is 0 Å². The molecule has 1 amide bonds. The number of anilines is 1. The van der Waals surface area contributed by atoms with E-state index >= 15 is 0 Å². The van der Waals surface area contributed by atoms with Crippen LogP contribution in [0, 0.1) is 0 Å². The lowest BCUT2D eigenvalue weighted by molar-refractivity contribution is -0.111. The monoisotopic (exact) mass is 602 g/mol. The van der Waals surface area contributed by atoms with Crippen molar-refractivity contribution in [1.29, 1.82) is 0 Å². The van der Waals surface area contributed by atoms with Crippen molar-refractivity contribution in [1.82, 2.24) is 4.98 Å². The summed E-state index contributed by atoms with van der Waals surface area (Å²) < 4.78 is 12.9. The van der Waals surface area contributed by atoms with Crippen LogP contribution in [-0.4, -0.2) is 10.9 Å². The van der Waals surface area contributed by atoms with Gasteiger partial charge in [0.1, 0.15) is 17.0 Å². The number of hydrogen-bond donors (Lipinski definition) is 1. The Labute approximate surface area is 235 Å². The second kappa shape index (κ2) is 10.1. The van der Waals surface area contributed by atoms with Crippen molar-refractivity contribution in [3.63, 3.8) is 0 Å². The number of carbonyl (C=O) groups is 1. The molecule has 0 unspecified atom stereocenters. The lowest BCUT2D eigenvalue weighted by Gasteiger charge is -2.04. The van der Waals surface area contributed by atoms with Crippen LogP contribution >= 0.6 is 39.1 Å².